The summed E-state index contributed by atoms with van der Waals surface area (Å²) in [5.74, 6) is 0.147. The molecule has 2 aromatic heterocycles. The standard InChI is InChI=1S/C18H19N3O2S/c1-10-5-4-6-13(9-10)16-20-17-15(11(2)12(3)24-17)18(23)21(16)8-7-14(19)22/h4-6,9H,7-8H2,1-3H3,(H2,19,22). The Labute approximate surface area is 143 Å². The van der Waals surface area contributed by atoms with E-state index in [9.17, 15) is 9.59 Å². The summed E-state index contributed by atoms with van der Waals surface area (Å²) >= 11 is 1.52. The van der Waals surface area contributed by atoms with Gasteiger partial charge in [0, 0.05) is 23.4 Å². The second-order valence-corrected chi connectivity index (χ2v) is 7.14. The van der Waals surface area contributed by atoms with Gasteiger partial charge in [0.05, 0.1) is 5.39 Å². The first-order chi connectivity index (χ1) is 11.4. The molecule has 1 amide bonds. The lowest BCUT2D eigenvalue weighted by molar-refractivity contribution is -0.118. The third-order valence-electron chi connectivity index (χ3n) is 4.15. The van der Waals surface area contributed by atoms with Crippen LogP contribution in [0.3, 0.4) is 0 Å². The zero-order valence-corrected chi connectivity index (χ0v) is 14.7. The van der Waals surface area contributed by atoms with Gasteiger partial charge < -0.3 is 5.73 Å². The molecule has 124 valence electrons. The average Bonchev–Trinajstić information content (AvgIpc) is 2.81. The summed E-state index contributed by atoms with van der Waals surface area (Å²) in [4.78, 5) is 30.8. The molecular weight excluding hydrogens is 322 g/mol. The lowest BCUT2D eigenvalue weighted by atomic mass is 10.1. The highest BCUT2D eigenvalue weighted by molar-refractivity contribution is 7.18. The molecule has 0 saturated carbocycles. The van der Waals surface area contributed by atoms with E-state index in [1.165, 1.54) is 11.3 Å². The van der Waals surface area contributed by atoms with E-state index >= 15 is 0 Å². The zero-order chi connectivity index (χ0) is 17.4. The normalized spacial score (nSPS) is 11.1. The molecule has 0 saturated heterocycles. The number of aryl methyl sites for hydroxylation is 3. The van der Waals surface area contributed by atoms with Crippen molar-refractivity contribution in [3.8, 4) is 11.4 Å². The molecular formula is C18H19N3O2S. The van der Waals surface area contributed by atoms with Crippen LogP contribution in [0.1, 0.15) is 22.4 Å². The van der Waals surface area contributed by atoms with Crippen LogP contribution in [-0.2, 0) is 11.3 Å². The van der Waals surface area contributed by atoms with Gasteiger partial charge in [-0.15, -0.1) is 11.3 Å². The van der Waals surface area contributed by atoms with Crippen LogP contribution in [0.4, 0.5) is 0 Å². The number of primary amides is 1. The molecule has 0 spiro atoms. The summed E-state index contributed by atoms with van der Waals surface area (Å²) in [5.41, 5.74) is 8.07. The van der Waals surface area contributed by atoms with Crippen molar-refractivity contribution >= 4 is 27.5 Å². The minimum Gasteiger partial charge on any atom is -0.370 e. The molecule has 6 heteroatoms. The van der Waals surface area contributed by atoms with E-state index in [2.05, 4.69) is 0 Å². The number of thiophene rings is 1. The number of hydrogen-bond acceptors (Lipinski definition) is 4. The fourth-order valence-electron chi connectivity index (χ4n) is 2.76. The van der Waals surface area contributed by atoms with Crippen LogP contribution in [0.25, 0.3) is 21.6 Å². The third kappa shape index (κ3) is 2.85. The van der Waals surface area contributed by atoms with Crippen LogP contribution in [-0.4, -0.2) is 15.5 Å². The number of amides is 1. The maximum Gasteiger partial charge on any atom is 0.262 e. The van der Waals surface area contributed by atoms with Crippen molar-refractivity contribution in [2.45, 2.75) is 33.7 Å². The van der Waals surface area contributed by atoms with Crippen molar-refractivity contribution in [1.29, 1.82) is 0 Å². The number of fused-ring (bicyclic) bond motifs is 1. The third-order valence-corrected chi connectivity index (χ3v) is 5.25. The first kappa shape index (κ1) is 16.4. The Morgan fingerprint density at radius 2 is 2.04 bits per heavy atom. The van der Waals surface area contributed by atoms with Gasteiger partial charge in [-0.1, -0.05) is 23.8 Å². The smallest absolute Gasteiger partial charge is 0.262 e. The van der Waals surface area contributed by atoms with E-state index in [1.807, 2.05) is 45.0 Å². The molecule has 0 atom stereocenters. The van der Waals surface area contributed by atoms with Crippen LogP contribution < -0.4 is 11.3 Å². The van der Waals surface area contributed by atoms with Crippen LogP contribution in [0, 0.1) is 20.8 Å². The van der Waals surface area contributed by atoms with E-state index in [-0.39, 0.29) is 18.5 Å². The summed E-state index contributed by atoms with van der Waals surface area (Å²) < 4.78 is 1.57. The largest absolute Gasteiger partial charge is 0.370 e. The highest BCUT2D eigenvalue weighted by Crippen LogP contribution is 2.28. The molecule has 24 heavy (non-hydrogen) atoms. The molecule has 2 heterocycles. The molecule has 0 radical (unpaired) electrons. The minimum atomic E-state index is -0.435. The Kier molecular flexibility index (Phi) is 4.24. The van der Waals surface area contributed by atoms with Crippen LogP contribution in [0.2, 0.25) is 0 Å². The minimum absolute atomic E-state index is 0.105. The fourth-order valence-corrected chi connectivity index (χ4v) is 3.78. The molecule has 0 aliphatic heterocycles. The van der Waals surface area contributed by atoms with Gasteiger partial charge in [-0.2, -0.15) is 0 Å². The Bertz CT molecular complexity index is 1000. The summed E-state index contributed by atoms with van der Waals surface area (Å²) in [7, 11) is 0. The predicted octanol–water partition coefficient (Wildman–Crippen LogP) is 2.93. The van der Waals surface area contributed by atoms with E-state index in [1.54, 1.807) is 4.57 Å². The second-order valence-electron chi connectivity index (χ2n) is 5.94. The van der Waals surface area contributed by atoms with Gasteiger partial charge in [-0.05, 0) is 32.4 Å². The SMILES string of the molecule is Cc1cccc(-c2nc3sc(C)c(C)c3c(=O)n2CCC(N)=O)c1. The van der Waals surface area contributed by atoms with Gasteiger partial charge in [0.25, 0.3) is 5.56 Å². The first-order valence-corrected chi connectivity index (χ1v) is 8.56. The molecule has 0 aliphatic carbocycles. The maximum atomic E-state index is 13.0. The number of rotatable bonds is 4. The average molecular weight is 341 g/mol. The Hall–Kier alpha value is -2.47. The van der Waals surface area contributed by atoms with E-state index < -0.39 is 5.91 Å². The maximum absolute atomic E-state index is 13.0. The number of nitrogens with two attached hydrogens (primary N) is 1. The number of benzene rings is 1. The zero-order valence-electron chi connectivity index (χ0n) is 13.9. The van der Waals surface area contributed by atoms with Crippen molar-refractivity contribution < 1.29 is 4.79 Å². The summed E-state index contributed by atoms with van der Waals surface area (Å²) in [6.07, 6.45) is 0.105. The Balaban J connectivity index is 2.31. The number of carbonyl (C=O) groups is 1. The van der Waals surface area contributed by atoms with Gasteiger partial charge >= 0.3 is 0 Å². The molecule has 3 aromatic rings. The number of aromatic nitrogens is 2. The highest BCUT2D eigenvalue weighted by Gasteiger charge is 2.17. The molecule has 5 nitrogen and oxygen atoms in total. The van der Waals surface area contributed by atoms with Gasteiger partial charge in [0.15, 0.2) is 0 Å². The van der Waals surface area contributed by atoms with Gasteiger partial charge in [-0.3, -0.25) is 14.2 Å². The van der Waals surface area contributed by atoms with Gasteiger partial charge in [0.2, 0.25) is 5.91 Å². The van der Waals surface area contributed by atoms with Crippen LogP contribution >= 0.6 is 11.3 Å². The van der Waals surface area contributed by atoms with Gasteiger partial charge in [0.1, 0.15) is 10.7 Å². The number of carbonyl (C=O) groups excluding carboxylic acids is 1. The summed E-state index contributed by atoms with van der Waals surface area (Å²) in [6, 6.07) is 7.84. The molecule has 0 unspecified atom stereocenters. The lowest BCUT2D eigenvalue weighted by Gasteiger charge is -2.12. The molecule has 0 aliphatic rings. The number of hydrogen-bond donors (Lipinski definition) is 1. The summed E-state index contributed by atoms with van der Waals surface area (Å²) in [5, 5.41) is 0.637. The first-order valence-electron chi connectivity index (χ1n) is 7.74. The molecule has 3 rings (SSSR count). The van der Waals surface area contributed by atoms with Crippen molar-refractivity contribution in [1.82, 2.24) is 9.55 Å². The number of nitrogens with zero attached hydrogens (tertiary/aromatic N) is 2. The van der Waals surface area contributed by atoms with Crippen molar-refractivity contribution in [3.05, 3.63) is 50.6 Å². The van der Waals surface area contributed by atoms with Crippen molar-refractivity contribution in [2.24, 2.45) is 5.73 Å². The van der Waals surface area contributed by atoms with Crippen LogP contribution in [0.5, 0.6) is 0 Å². The summed E-state index contributed by atoms with van der Waals surface area (Å²) in [6.45, 7) is 6.14. The van der Waals surface area contributed by atoms with Crippen molar-refractivity contribution in [2.75, 3.05) is 0 Å². The van der Waals surface area contributed by atoms with Crippen LogP contribution in [0.15, 0.2) is 29.1 Å². The quantitative estimate of drug-likeness (QED) is 0.792. The molecule has 0 fully saturated rings. The van der Waals surface area contributed by atoms with Gasteiger partial charge in [-0.25, -0.2) is 4.98 Å². The van der Waals surface area contributed by atoms with Crippen molar-refractivity contribution in [3.63, 3.8) is 0 Å². The fraction of sp³-hybridized carbons (Fsp3) is 0.278. The van der Waals surface area contributed by atoms with E-state index in [4.69, 9.17) is 10.7 Å². The topological polar surface area (TPSA) is 78.0 Å². The molecule has 1 aromatic carbocycles. The predicted molar refractivity (Wildman–Crippen MR) is 97.3 cm³/mol. The Morgan fingerprint density at radius 1 is 1.29 bits per heavy atom. The molecule has 2 N–H and O–H groups in total. The highest BCUT2D eigenvalue weighted by atomic mass is 32.1. The Morgan fingerprint density at radius 3 is 2.71 bits per heavy atom. The van der Waals surface area contributed by atoms with E-state index in [0.717, 1.165) is 26.4 Å². The molecule has 0 bridgehead atoms. The van der Waals surface area contributed by atoms with E-state index in [0.29, 0.717) is 11.2 Å². The lowest BCUT2D eigenvalue weighted by Crippen LogP contribution is -2.26. The second kappa shape index (κ2) is 6.20. The monoisotopic (exact) mass is 341 g/mol.